The van der Waals surface area contributed by atoms with E-state index in [1.165, 1.54) is 43.2 Å². The molecule has 0 unspecified atom stereocenters. The molecule has 1 aliphatic rings. The number of aryl methyl sites for hydroxylation is 1. The van der Waals surface area contributed by atoms with E-state index in [-0.39, 0.29) is 5.54 Å². The number of benzene rings is 1. The van der Waals surface area contributed by atoms with Crippen LogP contribution in [-0.4, -0.2) is 5.54 Å². The number of nitrogens with two attached hydrogens (primary N) is 1. The van der Waals surface area contributed by atoms with Crippen molar-refractivity contribution in [3.8, 4) is 0 Å². The molecule has 0 spiro atoms. The summed E-state index contributed by atoms with van der Waals surface area (Å²) in [6, 6.07) is 8.88. The van der Waals surface area contributed by atoms with Gasteiger partial charge in [-0.2, -0.15) is 0 Å². The molecule has 1 aromatic carbocycles. The topological polar surface area (TPSA) is 26.0 Å². The molecule has 0 heterocycles. The Morgan fingerprint density at radius 2 is 1.70 bits per heavy atom. The van der Waals surface area contributed by atoms with E-state index >= 15 is 0 Å². The van der Waals surface area contributed by atoms with Crippen LogP contribution in [0.15, 0.2) is 24.3 Å². The average Bonchev–Trinajstić information content (AvgIpc) is 2.42. The monoisotopic (exact) mass is 273 g/mol. The normalized spacial score (nSPS) is 27.6. The van der Waals surface area contributed by atoms with Crippen molar-refractivity contribution in [1.82, 2.24) is 0 Å². The maximum absolute atomic E-state index is 6.68. The summed E-state index contributed by atoms with van der Waals surface area (Å²) in [5, 5.41) is 0. The molecular formula is C19H31N. The van der Waals surface area contributed by atoms with Crippen LogP contribution in [0, 0.1) is 18.3 Å². The van der Waals surface area contributed by atoms with Crippen LogP contribution >= 0.6 is 0 Å². The van der Waals surface area contributed by atoms with Crippen molar-refractivity contribution in [3.05, 3.63) is 35.4 Å². The summed E-state index contributed by atoms with van der Waals surface area (Å²) in [6.45, 7) is 9.29. The number of rotatable bonds is 4. The molecular weight excluding hydrogens is 242 g/mol. The predicted molar refractivity (Wildman–Crippen MR) is 87.8 cm³/mol. The third-order valence-corrected chi connectivity index (χ3v) is 5.67. The van der Waals surface area contributed by atoms with E-state index in [1.54, 1.807) is 0 Å². The van der Waals surface area contributed by atoms with E-state index < -0.39 is 0 Å². The highest BCUT2D eigenvalue weighted by molar-refractivity contribution is 5.23. The summed E-state index contributed by atoms with van der Waals surface area (Å²) >= 11 is 0. The van der Waals surface area contributed by atoms with E-state index in [0.29, 0.717) is 5.41 Å². The molecule has 1 heteroatoms. The average molecular weight is 273 g/mol. The van der Waals surface area contributed by atoms with Crippen LogP contribution in [0.4, 0.5) is 0 Å². The zero-order chi connectivity index (χ0) is 14.8. The van der Waals surface area contributed by atoms with Crippen LogP contribution < -0.4 is 5.73 Å². The summed E-state index contributed by atoms with van der Waals surface area (Å²) in [7, 11) is 0. The second kappa shape index (κ2) is 5.89. The molecule has 0 aliphatic heterocycles. The molecule has 0 amide bonds. The van der Waals surface area contributed by atoms with Crippen LogP contribution in [0.2, 0.25) is 0 Å². The van der Waals surface area contributed by atoms with Crippen LogP contribution in [-0.2, 0) is 6.42 Å². The van der Waals surface area contributed by atoms with Crippen LogP contribution in [0.3, 0.4) is 0 Å². The molecule has 1 saturated carbocycles. The minimum absolute atomic E-state index is 0.0234. The van der Waals surface area contributed by atoms with Crippen LogP contribution in [0.5, 0.6) is 0 Å². The van der Waals surface area contributed by atoms with E-state index in [4.69, 9.17) is 5.73 Å². The van der Waals surface area contributed by atoms with Gasteiger partial charge in [-0.15, -0.1) is 0 Å². The molecule has 1 aliphatic carbocycles. The highest BCUT2D eigenvalue weighted by atomic mass is 14.7. The largest absolute Gasteiger partial charge is 0.325 e. The Morgan fingerprint density at radius 3 is 2.20 bits per heavy atom. The molecule has 112 valence electrons. The Balaban J connectivity index is 1.96. The van der Waals surface area contributed by atoms with Crippen molar-refractivity contribution >= 4 is 0 Å². The molecule has 0 aromatic heterocycles. The molecule has 2 rings (SSSR count). The van der Waals surface area contributed by atoms with E-state index in [1.807, 2.05) is 0 Å². The Kier molecular flexibility index (Phi) is 4.59. The quantitative estimate of drug-likeness (QED) is 0.833. The van der Waals surface area contributed by atoms with Gasteiger partial charge in [0.05, 0.1) is 0 Å². The lowest BCUT2D eigenvalue weighted by Gasteiger charge is -2.43. The third-order valence-electron chi connectivity index (χ3n) is 5.67. The molecule has 1 nitrogen and oxygen atoms in total. The minimum atomic E-state index is 0.0234. The molecule has 1 fully saturated rings. The molecule has 1 aromatic rings. The first-order valence-corrected chi connectivity index (χ1v) is 8.19. The third kappa shape index (κ3) is 3.63. The summed E-state index contributed by atoms with van der Waals surface area (Å²) in [5.74, 6) is 0.849. The minimum Gasteiger partial charge on any atom is -0.325 e. The zero-order valence-electron chi connectivity index (χ0n) is 13.7. The van der Waals surface area contributed by atoms with Crippen LogP contribution in [0.1, 0.15) is 64.0 Å². The van der Waals surface area contributed by atoms with Gasteiger partial charge in [-0.05, 0) is 55.9 Å². The van der Waals surface area contributed by atoms with Crippen molar-refractivity contribution in [2.75, 3.05) is 0 Å². The van der Waals surface area contributed by atoms with E-state index in [2.05, 4.69) is 52.0 Å². The maximum Gasteiger partial charge on any atom is 0.0195 e. The van der Waals surface area contributed by atoms with Crippen molar-refractivity contribution in [2.45, 2.75) is 71.8 Å². The Morgan fingerprint density at radius 1 is 1.15 bits per heavy atom. The Bertz CT molecular complexity index is 422. The van der Waals surface area contributed by atoms with Gasteiger partial charge in [-0.25, -0.2) is 0 Å². The maximum atomic E-state index is 6.68. The van der Waals surface area contributed by atoms with Gasteiger partial charge in [0.1, 0.15) is 0 Å². The SMILES string of the molecule is CCC(C)(C)C1CCC(N)(Cc2ccc(C)cc2)CC1. The second-order valence-electron chi connectivity index (χ2n) is 7.64. The summed E-state index contributed by atoms with van der Waals surface area (Å²) in [5.41, 5.74) is 9.90. The molecule has 0 radical (unpaired) electrons. The molecule has 0 saturated heterocycles. The van der Waals surface area contributed by atoms with Crippen molar-refractivity contribution in [3.63, 3.8) is 0 Å². The van der Waals surface area contributed by atoms with E-state index in [9.17, 15) is 0 Å². The summed E-state index contributed by atoms with van der Waals surface area (Å²) in [4.78, 5) is 0. The van der Waals surface area contributed by atoms with Crippen molar-refractivity contribution < 1.29 is 0 Å². The molecule has 0 bridgehead atoms. The van der Waals surface area contributed by atoms with Gasteiger partial charge < -0.3 is 5.73 Å². The fourth-order valence-electron chi connectivity index (χ4n) is 3.55. The predicted octanol–water partition coefficient (Wildman–Crippen LogP) is 4.86. The second-order valence-corrected chi connectivity index (χ2v) is 7.64. The zero-order valence-corrected chi connectivity index (χ0v) is 13.7. The molecule has 20 heavy (non-hydrogen) atoms. The molecule has 0 atom stereocenters. The first-order chi connectivity index (χ1) is 9.35. The summed E-state index contributed by atoms with van der Waals surface area (Å²) in [6.07, 6.45) is 7.25. The van der Waals surface area contributed by atoms with Gasteiger partial charge in [0, 0.05) is 5.54 Å². The smallest absolute Gasteiger partial charge is 0.0195 e. The highest BCUT2D eigenvalue weighted by Gasteiger charge is 2.37. The summed E-state index contributed by atoms with van der Waals surface area (Å²) < 4.78 is 0. The Hall–Kier alpha value is -0.820. The number of hydrogen-bond donors (Lipinski definition) is 1. The fraction of sp³-hybridized carbons (Fsp3) is 0.684. The lowest BCUT2D eigenvalue weighted by molar-refractivity contribution is 0.115. The first-order valence-electron chi connectivity index (χ1n) is 8.19. The lowest BCUT2D eigenvalue weighted by atomic mass is 9.65. The molecule has 2 N–H and O–H groups in total. The van der Waals surface area contributed by atoms with Gasteiger partial charge in [-0.3, -0.25) is 0 Å². The Labute approximate surface area is 125 Å². The van der Waals surface area contributed by atoms with Gasteiger partial charge in [0.15, 0.2) is 0 Å². The van der Waals surface area contributed by atoms with Gasteiger partial charge in [-0.1, -0.05) is 57.0 Å². The number of hydrogen-bond acceptors (Lipinski definition) is 1. The van der Waals surface area contributed by atoms with Gasteiger partial charge >= 0.3 is 0 Å². The standard InChI is InChI=1S/C19H31N/c1-5-18(3,4)17-10-12-19(20,13-11-17)14-16-8-6-15(2)7-9-16/h6-9,17H,5,10-14,20H2,1-4H3. The van der Waals surface area contributed by atoms with Crippen LogP contribution in [0.25, 0.3) is 0 Å². The lowest BCUT2D eigenvalue weighted by Crippen LogP contribution is -2.47. The van der Waals surface area contributed by atoms with Crippen molar-refractivity contribution in [1.29, 1.82) is 0 Å². The fourth-order valence-corrected chi connectivity index (χ4v) is 3.55. The van der Waals surface area contributed by atoms with E-state index in [0.717, 1.165) is 12.3 Å². The highest BCUT2D eigenvalue weighted by Crippen LogP contribution is 2.43. The van der Waals surface area contributed by atoms with Gasteiger partial charge in [0.25, 0.3) is 0 Å². The first kappa shape index (κ1) is 15.6. The van der Waals surface area contributed by atoms with Gasteiger partial charge in [0.2, 0.25) is 0 Å². The van der Waals surface area contributed by atoms with Crippen molar-refractivity contribution in [2.24, 2.45) is 17.1 Å².